The van der Waals surface area contributed by atoms with E-state index in [0.29, 0.717) is 11.8 Å². The van der Waals surface area contributed by atoms with Crippen LogP contribution in [-0.4, -0.2) is 27.0 Å². The molecule has 0 saturated carbocycles. The van der Waals surface area contributed by atoms with E-state index in [-0.39, 0.29) is 17.9 Å². The van der Waals surface area contributed by atoms with Gasteiger partial charge in [0.25, 0.3) is 0 Å². The third-order valence-electron chi connectivity index (χ3n) is 5.38. The minimum Gasteiger partial charge on any atom is -0.464 e. The summed E-state index contributed by atoms with van der Waals surface area (Å²) in [7, 11) is -3.98. The number of ether oxygens (including phenoxy) is 1. The molecule has 4 aromatic carbocycles. The number of hydrogen-bond donors (Lipinski definition) is 1. The smallest absolute Gasteiger partial charge is 0.324 e. The van der Waals surface area contributed by atoms with Crippen LogP contribution < -0.4 is 4.72 Å². The van der Waals surface area contributed by atoms with E-state index in [9.17, 15) is 13.2 Å². The van der Waals surface area contributed by atoms with E-state index in [4.69, 9.17) is 4.74 Å². The van der Waals surface area contributed by atoms with Crippen LogP contribution in [0.25, 0.3) is 10.8 Å². The second kappa shape index (κ2) is 10.4. The normalized spacial score (nSPS) is 12.4. The summed E-state index contributed by atoms with van der Waals surface area (Å²) in [5.41, 5.74) is 1.88. The van der Waals surface area contributed by atoms with Gasteiger partial charge in [-0.3, -0.25) is 4.79 Å². The number of sulfonamides is 1. The van der Waals surface area contributed by atoms with Gasteiger partial charge in [-0.2, -0.15) is 4.72 Å². The third-order valence-corrected chi connectivity index (χ3v) is 6.91. The number of carbonyl (C=O) groups is 1. The Morgan fingerprint density at radius 3 is 2.09 bits per heavy atom. The number of carbonyl (C=O) groups excluding carboxylic acids is 1. The second-order valence-corrected chi connectivity index (χ2v) is 9.43. The highest BCUT2D eigenvalue weighted by Gasteiger charge is 2.28. The Labute approximate surface area is 194 Å². The molecule has 0 fully saturated rings. The summed E-state index contributed by atoms with van der Waals surface area (Å²) in [6.07, 6.45) is 0.746. The molecule has 4 rings (SSSR count). The Balaban J connectivity index is 1.55. The Morgan fingerprint density at radius 1 is 0.758 bits per heavy atom. The van der Waals surface area contributed by atoms with E-state index < -0.39 is 22.0 Å². The number of hydrogen-bond acceptors (Lipinski definition) is 4. The van der Waals surface area contributed by atoms with Crippen molar-refractivity contribution < 1.29 is 17.9 Å². The van der Waals surface area contributed by atoms with Crippen molar-refractivity contribution in [3.63, 3.8) is 0 Å². The van der Waals surface area contributed by atoms with Crippen LogP contribution in [0.2, 0.25) is 0 Å². The molecule has 0 aromatic heterocycles. The topological polar surface area (TPSA) is 72.5 Å². The lowest BCUT2D eigenvalue weighted by Gasteiger charge is -2.19. The molecule has 0 bridgehead atoms. The molecule has 0 amide bonds. The van der Waals surface area contributed by atoms with Crippen LogP contribution in [0.5, 0.6) is 0 Å². The monoisotopic (exact) mass is 459 g/mol. The zero-order chi connectivity index (χ0) is 23.1. The molecule has 0 unspecified atom stereocenters. The molecule has 6 heteroatoms. The molecule has 0 heterocycles. The molecule has 0 saturated heterocycles. The summed E-state index contributed by atoms with van der Waals surface area (Å²) in [6.45, 7) is 0.171. The predicted molar refractivity (Wildman–Crippen MR) is 129 cm³/mol. The quantitative estimate of drug-likeness (QED) is 0.374. The van der Waals surface area contributed by atoms with Gasteiger partial charge in [0.2, 0.25) is 10.0 Å². The van der Waals surface area contributed by atoms with Crippen LogP contribution in [-0.2, 0) is 32.4 Å². The van der Waals surface area contributed by atoms with Crippen molar-refractivity contribution in [1.82, 2.24) is 4.72 Å². The summed E-state index contributed by atoms with van der Waals surface area (Å²) in [6, 6.07) is 30.3. The van der Waals surface area contributed by atoms with Gasteiger partial charge in [0.15, 0.2) is 0 Å². The summed E-state index contributed by atoms with van der Waals surface area (Å²) < 4.78 is 34.7. The van der Waals surface area contributed by atoms with E-state index in [2.05, 4.69) is 4.72 Å². The zero-order valence-corrected chi connectivity index (χ0v) is 18.9. The third kappa shape index (κ3) is 5.86. The number of nitrogens with one attached hydrogen (secondary N) is 1. The van der Waals surface area contributed by atoms with E-state index in [1.807, 2.05) is 78.9 Å². The van der Waals surface area contributed by atoms with Crippen molar-refractivity contribution in [2.75, 3.05) is 6.61 Å². The fourth-order valence-electron chi connectivity index (χ4n) is 3.72. The van der Waals surface area contributed by atoms with Crippen molar-refractivity contribution in [1.29, 1.82) is 0 Å². The van der Waals surface area contributed by atoms with Crippen LogP contribution >= 0.6 is 0 Å². The van der Waals surface area contributed by atoms with Gasteiger partial charge in [-0.25, -0.2) is 8.42 Å². The largest absolute Gasteiger partial charge is 0.464 e. The Morgan fingerprint density at radius 2 is 1.36 bits per heavy atom. The van der Waals surface area contributed by atoms with Gasteiger partial charge in [-0.05, 0) is 29.0 Å². The van der Waals surface area contributed by atoms with Crippen LogP contribution in [0.15, 0.2) is 108 Å². The minimum absolute atomic E-state index is 0.135. The lowest BCUT2D eigenvalue weighted by Crippen LogP contribution is -2.43. The SMILES string of the molecule is O=C(OCCc1ccccc1)[C@H](Cc1ccccc1)NS(=O)(=O)c1cccc2ccccc12. The average molecular weight is 460 g/mol. The van der Waals surface area contributed by atoms with Gasteiger partial charge in [-0.1, -0.05) is 97.1 Å². The van der Waals surface area contributed by atoms with Gasteiger partial charge in [0.05, 0.1) is 11.5 Å². The lowest BCUT2D eigenvalue weighted by molar-refractivity contribution is -0.145. The first-order valence-electron chi connectivity index (χ1n) is 10.8. The van der Waals surface area contributed by atoms with Crippen molar-refractivity contribution in [3.8, 4) is 0 Å². The molecule has 33 heavy (non-hydrogen) atoms. The molecule has 0 aliphatic heterocycles. The molecule has 5 nitrogen and oxygen atoms in total. The summed E-state index contributed by atoms with van der Waals surface area (Å²) in [5, 5.41) is 1.41. The van der Waals surface area contributed by atoms with Crippen molar-refractivity contribution in [2.24, 2.45) is 0 Å². The Hall–Kier alpha value is -3.48. The van der Waals surface area contributed by atoms with Gasteiger partial charge in [0.1, 0.15) is 6.04 Å². The van der Waals surface area contributed by atoms with Gasteiger partial charge in [0, 0.05) is 11.8 Å². The van der Waals surface area contributed by atoms with Crippen molar-refractivity contribution in [2.45, 2.75) is 23.8 Å². The molecule has 0 spiro atoms. The van der Waals surface area contributed by atoms with Crippen LogP contribution in [0, 0.1) is 0 Å². The van der Waals surface area contributed by atoms with E-state index in [1.54, 1.807) is 24.3 Å². The van der Waals surface area contributed by atoms with Crippen molar-refractivity contribution >= 4 is 26.8 Å². The molecule has 4 aromatic rings. The lowest BCUT2D eigenvalue weighted by atomic mass is 10.1. The zero-order valence-electron chi connectivity index (χ0n) is 18.1. The van der Waals surface area contributed by atoms with Crippen molar-refractivity contribution in [3.05, 3.63) is 114 Å². The van der Waals surface area contributed by atoms with Gasteiger partial charge < -0.3 is 4.74 Å². The molecular weight excluding hydrogens is 434 g/mol. The minimum atomic E-state index is -3.98. The predicted octanol–water partition coefficient (Wildman–Crippen LogP) is 4.52. The standard InChI is InChI=1S/C27H25NO4S/c29-27(32-19-18-21-10-3-1-4-11-21)25(20-22-12-5-2-6-13-22)28-33(30,31)26-17-9-15-23-14-7-8-16-24(23)26/h1-17,25,28H,18-20H2/t25-/m0/s1. The van der Waals surface area contributed by atoms with E-state index in [1.165, 1.54) is 0 Å². The van der Waals surface area contributed by atoms with Crippen LogP contribution in [0.3, 0.4) is 0 Å². The number of fused-ring (bicyclic) bond motifs is 1. The Kier molecular flexibility index (Phi) is 7.17. The second-order valence-electron chi connectivity index (χ2n) is 7.74. The summed E-state index contributed by atoms with van der Waals surface area (Å²) >= 11 is 0. The highest BCUT2D eigenvalue weighted by atomic mass is 32.2. The first-order valence-corrected chi connectivity index (χ1v) is 12.3. The number of benzene rings is 4. The fourth-order valence-corrected chi connectivity index (χ4v) is 5.13. The van der Waals surface area contributed by atoms with Crippen LogP contribution in [0.4, 0.5) is 0 Å². The highest BCUT2D eigenvalue weighted by molar-refractivity contribution is 7.89. The number of esters is 1. The maximum atomic E-state index is 13.3. The maximum absolute atomic E-state index is 13.3. The molecule has 1 atom stereocenters. The molecular formula is C27H25NO4S. The molecule has 0 aliphatic rings. The number of rotatable bonds is 9. The average Bonchev–Trinajstić information content (AvgIpc) is 2.84. The fraction of sp³-hybridized carbons (Fsp3) is 0.148. The van der Waals surface area contributed by atoms with E-state index >= 15 is 0 Å². The van der Waals surface area contributed by atoms with Gasteiger partial charge >= 0.3 is 5.97 Å². The molecule has 0 radical (unpaired) electrons. The summed E-state index contributed by atoms with van der Waals surface area (Å²) in [5.74, 6) is -0.599. The summed E-state index contributed by atoms with van der Waals surface area (Å²) in [4.78, 5) is 13.1. The maximum Gasteiger partial charge on any atom is 0.324 e. The van der Waals surface area contributed by atoms with Crippen LogP contribution in [0.1, 0.15) is 11.1 Å². The first-order chi connectivity index (χ1) is 16.0. The molecule has 0 aliphatic carbocycles. The highest BCUT2D eigenvalue weighted by Crippen LogP contribution is 2.23. The Bertz CT molecular complexity index is 1320. The van der Waals surface area contributed by atoms with Gasteiger partial charge in [-0.15, -0.1) is 0 Å². The van der Waals surface area contributed by atoms with E-state index in [0.717, 1.165) is 16.5 Å². The first kappa shape index (κ1) is 22.7. The molecule has 168 valence electrons. The molecule has 1 N–H and O–H groups in total.